The molecule has 0 saturated carbocycles. The van der Waals surface area contributed by atoms with Gasteiger partial charge in [-0.25, -0.2) is 0 Å². The Balaban J connectivity index is 1.39. The van der Waals surface area contributed by atoms with Crippen molar-refractivity contribution in [2.24, 2.45) is 0 Å². The molecule has 8 heteroatoms. The van der Waals surface area contributed by atoms with Crippen molar-refractivity contribution < 1.29 is 23.7 Å². The van der Waals surface area contributed by atoms with Gasteiger partial charge in [0.05, 0.1) is 27.9 Å². The van der Waals surface area contributed by atoms with Gasteiger partial charge < -0.3 is 33.5 Å². The van der Waals surface area contributed by atoms with Gasteiger partial charge in [0.1, 0.15) is 23.0 Å². The first-order chi connectivity index (χ1) is 24.0. The maximum absolute atomic E-state index is 10.6. The largest absolute Gasteiger partial charge is 0.497 e. The maximum Gasteiger partial charge on any atom is 0.188 e. The van der Waals surface area contributed by atoms with Crippen LogP contribution in [0.3, 0.4) is 0 Å². The molecule has 262 valence electrons. The third kappa shape index (κ3) is 8.80. The van der Waals surface area contributed by atoms with Gasteiger partial charge in [0, 0.05) is 34.1 Å². The first-order valence-electron chi connectivity index (χ1n) is 17.1. The lowest BCUT2D eigenvalue weighted by Gasteiger charge is -2.35. The Kier molecular flexibility index (Phi) is 11.8. The van der Waals surface area contributed by atoms with Crippen molar-refractivity contribution >= 4 is 42.4 Å². The maximum atomic E-state index is 10.6. The average molecular weight is 691 g/mol. The summed E-state index contributed by atoms with van der Waals surface area (Å²) < 4.78 is 22.4. The molecule has 50 heavy (non-hydrogen) atoms. The third-order valence-corrected chi connectivity index (χ3v) is 13.1. The summed E-state index contributed by atoms with van der Waals surface area (Å²) in [6.45, 7) is 9.05. The molecule has 0 heterocycles. The molecule has 0 aliphatic heterocycles. The highest BCUT2D eigenvalue weighted by atomic mass is 28.4. The van der Waals surface area contributed by atoms with Crippen LogP contribution in [0.5, 0.6) is 23.0 Å². The Morgan fingerprint density at radius 3 is 1.04 bits per heavy atom. The first kappa shape index (κ1) is 36.4. The highest BCUT2D eigenvalue weighted by Crippen LogP contribution is 2.41. The molecule has 0 unspecified atom stereocenters. The molecule has 0 spiro atoms. The zero-order chi connectivity index (χ0) is 35.7. The van der Waals surface area contributed by atoms with E-state index in [1.807, 2.05) is 61.6 Å². The Hall–Kier alpha value is -4.92. The molecule has 0 aromatic heterocycles. The lowest BCUT2D eigenvalue weighted by atomic mass is 10.1. The van der Waals surface area contributed by atoms with E-state index in [4.69, 9.17) is 18.9 Å². The van der Waals surface area contributed by atoms with E-state index in [9.17, 15) is 4.80 Å². The van der Waals surface area contributed by atoms with Crippen molar-refractivity contribution in [3.63, 3.8) is 0 Å². The number of methoxy groups -OCH3 is 3. The molecule has 0 aliphatic carbocycles. The van der Waals surface area contributed by atoms with Crippen LogP contribution in [-0.2, 0) is 0 Å². The first-order valence-corrected chi connectivity index (χ1v) is 20.1. The van der Waals surface area contributed by atoms with Crippen molar-refractivity contribution in [2.45, 2.75) is 51.2 Å². The van der Waals surface area contributed by atoms with Gasteiger partial charge in [0.25, 0.3) is 0 Å². The zero-order valence-corrected chi connectivity index (χ0v) is 31.4. The van der Waals surface area contributed by atoms with E-state index in [1.54, 1.807) is 21.3 Å². The Morgan fingerprint density at radius 1 is 0.480 bits per heavy atom. The fourth-order valence-electron chi connectivity index (χ4n) is 5.70. The second-order valence-corrected chi connectivity index (χ2v) is 18.0. The molecule has 0 atom stereocenters. The number of rotatable bonds is 16. The van der Waals surface area contributed by atoms with E-state index in [0.717, 1.165) is 76.4 Å². The topological polar surface area (TPSA) is 63.6 Å². The summed E-state index contributed by atoms with van der Waals surface area (Å²) in [7, 11) is 2.83. The molecule has 5 aromatic carbocycles. The summed E-state index contributed by atoms with van der Waals surface area (Å²) in [5.41, 5.74) is 6.05. The van der Waals surface area contributed by atoms with E-state index in [1.165, 1.54) is 0 Å². The van der Waals surface area contributed by atoms with Crippen LogP contribution < -0.4 is 28.7 Å². The van der Waals surface area contributed by atoms with Crippen LogP contribution >= 0.6 is 0 Å². The Morgan fingerprint density at radius 2 is 0.760 bits per heavy atom. The van der Waals surface area contributed by atoms with Crippen LogP contribution in [0, 0.1) is 0 Å². The van der Waals surface area contributed by atoms with E-state index >= 15 is 0 Å². The van der Waals surface area contributed by atoms with Crippen LogP contribution in [-0.4, -0.2) is 41.0 Å². The molecule has 5 aromatic rings. The number of hydrogen-bond acceptors (Lipinski definition) is 7. The minimum atomic E-state index is -2.20. The minimum absolute atomic E-state index is 0.0125. The summed E-state index contributed by atoms with van der Waals surface area (Å²) in [4.78, 5) is 15.0. The van der Waals surface area contributed by atoms with Crippen LogP contribution in [0.2, 0.25) is 18.1 Å². The molecule has 0 amide bonds. The van der Waals surface area contributed by atoms with Gasteiger partial charge in [0.15, 0.2) is 8.32 Å². The van der Waals surface area contributed by atoms with Gasteiger partial charge in [-0.2, -0.15) is 0 Å². The van der Waals surface area contributed by atoms with Crippen LogP contribution in [0.1, 0.15) is 33.1 Å². The van der Waals surface area contributed by atoms with Crippen LogP contribution in [0.4, 0.5) is 34.1 Å². The van der Waals surface area contributed by atoms with E-state index < -0.39 is 8.32 Å². The van der Waals surface area contributed by atoms with Gasteiger partial charge in [0.2, 0.25) is 0 Å². The van der Waals surface area contributed by atoms with Crippen LogP contribution in [0.25, 0.3) is 0 Å². The molecular weight excluding hydrogens is 641 g/mol. The number of nitrogens with zero attached hydrogens (tertiary/aromatic N) is 2. The van der Waals surface area contributed by atoms with Crippen molar-refractivity contribution in [3.8, 4) is 23.0 Å². The number of benzene rings is 5. The molecule has 0 saturated heterocycles. The Labute approximate surface area is 298 Å². The monoisotopic (exact) mass is 690 g/mol. The minimum Gasteiger partial charge on any atom is -0.497 e. The van der Waals surface area contributed by atoms with Crippen LogP contribution in [0.15, 0.2) is 121 Å². The highest BCUT2D eigenvalue weighted by molar-refractivity contribution is 6.72. The lowest BCUT2D eigenvalue weighted by Crippen LogP contribution is -2.38. The highest BCUT2D eigenvalue weighted by Gasteiger charge is 2.37. The lowest BCUT2D eigenvalue weighted by molar-refractivity contribution is 0.300. The number of ether oxygens (including phenoxy) is 4. The standard InChI is InChI=1S/C42H50N2O5Si/c1-42(2,50(6,7)45)30-8-9-31-49-41-28-20-37(21-29-41)44(36-18-26-40(48-5)27-19-36)33-12-10-32(11-13-33)43(34-14-22-38(46-3)23-15-34)35-16-24-39(47-4)25-17-35/h10-29,45H,8-9,30-31H2,1-7H3. The predicted molar refractivity (Wildman–Crippen MR) is 209 cm³/mol. The van der Waals surface area contributed by atoms with Gasteiger partial charge in [-0.3, -0.25) is 0 Å². The molecule has 7 nitrogen and oxygen atoms in total. The molecule has 0 radical (unpaired) electrons. The van der Waals surface area contributed by atoms with Gasteiger partial charge in [-0.05, 0) is 159 Å². The summed E-state index contributed by atoms with van der Waals surface area (Å²) in [5, 5.41) is -0.0125. The summed E-state index contributed by atoms with van der Waals surface area (Å²) in [5.74, 6) is 3.25. The van der Waals surface area contributed by atoms with Gasteiger partial charge in [-0.15, -0.1) is 0 Å². The van der Waals surface area contributed by atoms with Gasteiger partial charge in [-0.1, -0.05) is 13.8 Å². The van der Waals surface area contributed by atoms with Crippen molar-refractivity contribution in [1.29, 1.82) is 0 Å². The number of unbranched alkanes of at least 4 members (excludes halogenated alkanes) is 1. The molecule has 5 rings (SSSR count). The third-order valence-electron chi connectivity index (χ3n) is 9.57. The SMILES string of the molecule is COc1ccc(N(c2ccc(OC)cc2)c2ccc(N(c3ccc(OC)cc3)c3ccc(OCCCCC(C)(C)[Si](C)(C)O)cc3)cc2)cc1. The quantitative estimate of drug-likeness (QED) is 0.0816. The van der Waals surface area contributed by atoms with Gasteiger partial charge >= 0.3 is 0 Å². The average Bonchev–Trinajstić information content (AvgIpc) is 3.13. The molecule has 1 N–H and O–H groups in total. The normalized spacial score (nSPS) is 11.5. The number of hydrogen-bond donors (Lipinski definition) is 1. The molecular formula is C42H50N2O5Si. The second kappa shape index (κ2) is 16.2. The predicted octanol–water partition coefficient (Wildman–Crippen LogP) is 11.2. The molecule has 0 fully saturated rings. The summed E-state index contributed by atoms with van der Waals surface area (Å²) >= 11 is 0. The van der Waals surface area contributed by atoms with Crippen molar-refractivity contribution in [3.05, 3.63) is 121 Å². The molecule has 0 aliphatic rings. The fraction of sp³-hybridized carbons (Fsp3) is 0.286. The molecule has 0 bridgehead atoms. The zero-order valence-electron chi connectivity index (χ0n) is 30.4. The number of anilines is 6. The second-order valence-electron chi connectivity index (χ2n) is 13.5. The van der Waals surface area contributed by atoms with E-state index in [0.29, 0.717) is 6.61 Å². The van der Waals surface area contributed by atoms with E-state index in [2.05, 4.69) is 96.4 Å². The van der Waals surface area contributed by atoms with Crippen molar-refractivity contribution in [2.75, 3.05) is 37.7 Å². The van der Waals surface area contributed by atoms with Crippen molar-refractivity contribution in [1.82, 2.24) is 0 Å². The fourth-order valence-corrected chi connectivity index (χ4v) is 6.48. The smallest absolute Gasteiger partial charge is 0.188 e. The summed E-state index contributed by atoms with van der Waals surface area (Å²) in [6.07, 6.45) is 2.97. The summed E-state index contributed by atoms with van der Waals surface area (Å²) in [6, 6.07) is 41.0. The van der Waals surface area contributed by atoms with E-state index in [-0.39, 0.29) is 5.04 Å². The Bertz CT molecular complexity index is 1720.